The Hall–Kier alpha value is -1.14. The van der Waals surface area contributed by atoms with Gasteiger partial charge < -0.3 is 19.3 Å². The summed E-state index contributed by atoms with van der Waals surface area (Å²) < 4.78 is 11.6. The van der Waals surface area contributed by atoms with Crippen LogP contribution in [0.5, 0.6) is 0 Å². The lowest BCUT2D eigenvalue weighted by molar-refractivity contribution is -0.153. The first-order chi connectivity index (χ1) is 17.0. The predicted octanol–water partition coefficient (Wildman–Crippen LogP) is 5.61. The molecule has 0 amide bonds. The van der Waals surface area contributed by atoms with E-state index in [2.05, 4.69) is 23.9 Å². The van der Waals surface area contributed by atoms with Crippen LogP contribution in [0, 0.1) is 0 Å². The first-order valence-corrected chi connectivity index (χ1v) is 14.8. The Morgan fingerprint density at radius 2 is 0.829 bits per heavy atom. The summed E-state index contributed by atoms with van der Waals surface area (Å²) in [7, 11) is 4.44. The molecule has 0 aliphatic carbocycles. The van der Waals surface area contributed by atoms with E-state index in [9.17, 15) is 9.59 Å². The fourth-order valence-corrected chi connectivity index (χ4v) is 7.18. The highest BCUT2D eigenvalue weighted by molar-refractivity contribution is 5.69. The minimum atomic E-state index is 0.0145. The monoisotopic (exact) mass is 490 g/mol. The highest BCUT2D eigenvalue weighted by Gasteiger charge is 2.40. The molecular weight excluding hydrogens is 440 g/mol. The second-order valence-electron chi connectivity index (χ2n) is 11.9. The SMILES string of the molecule is CN1[C@@H]2CC[C@H]1CC(OC(=O)CCCCCCCCCCCC(=O)OC1C[C@H]3CC[C@@H](C1)N3C)C2. The molecule has 35 heavy (non-hydrogen) atoms. The van der Waals surface area contributed by atoms with Crippen molar-refractivity contribution < 1.29 is 19.1 Å². The number of fused-ring (bicyclic) bond motifs is 4. The topological polar surface area (TPSA) is 59.1 Å². The minimum absolute atomic E-state index is 0.0145. The van der Waals surface area contributed by atoms with Crippen LogP contribution in [-0.2, 0) is 19.1 Å². The Labute approximate surface area is 213 Å². The summed E-state index contributed by atoms with van der Waals surface area (Å²) in [6.07, 6.45) is 21.0. The van der Waals surface area contributed by atoms with E-state index >= 15 is 0 Å². The molecule has 4 bridgehead atoms. The third-order valence-corrected chi connectivity index (χ3v) is 9.47. The van der Waals surface area contributed by atoms with Gasteiger partial charge in [-0.2, -0.15) is 0 Å². The predicted molar refractivity (Wildman–Crippen MR) is 138 cm³/mol. The van der Waals surface area contributed by atoms with Crippen molar-refractivity contribution >= 4 is 11.9 Å². The molecule has 6 heteroatoms. The van der Waals surface area contributed by atoms with Crippen LogP contribution in [0.4, 0.5) is 0 Å². The maximum absolute atomic E-state index is 12.2. The van der Waals surface area contributed by atoms with Crippen molar-refractivity contribution in [3.8, 4) is 0 Å². The second-order valence-corrected chi connectivity index (χ2v) is 11.9. The van der Waals surface area contributed by atoms with Crippen molar-refractivity contribution in [1.29, 1.82) is 0 Å². The van der Waals surface area contributed by atoms with Crippen molar-refractivity contribution in [3.05, 3.63) is 0 Å². The van der Waals surface area contributed by atoms with Crippen LogP contribution in [0.1, 0.15) is 122 Å². The maximum Gasteiger partial charge on any atom is 0.306 e. The number of carbonyl (C=O) groups excluding carboxylic acids is 2. The highest BCUT2D eigenvalue weighted by Crippen LogP contribution is 2.36. The summed E-state index contributed by atoms with van der Waals surface area (Å²) in [6, 6.07) is 2.50. The van der Waals surface area contributed by atoms with Crippen molar-refractivity contribution in [2.24, 2.45) is 0 Å². The third kappa shape index (κ3) is 7.92. The molecule has 200 valence electrons. The van der Waals surface area contributed by atoms with Gasteiger partial charge in [0.15, 0.2) is 0 Å². The number of piperidine rings is 2. The number of nitrogens with zero attached hydrogens (tertiary/aromatic N) is 2. The van der Waals surface area contributed by atoms with Crippen LogP contribution in [0.2, 0.25) is 0 Å². The summed E-state index contributed by atoms with van der Waals surface area (Å²) >= 11 is 0. The van der Waals surface area contributed by atoms with Gasteiger partial charge in [-0.15, -0.1) is 0 Å². The van der Waals surface area contributed by atoms with Crippen molar-refractivity contribution in [2.45, 2.75) is 158 Å². The zero-order chi connectivity index (χ0) is 24.6. The molecular formula is C29H50N2O4. The van der Waals surface area contributed by atoms with Crippen molar-refractivity contribution in [2.75, 3.05) is 14.1 Å². The van der Waals surface area contributed by atoms with Crippen LogP contribution >= 0.6 is 0 Å². The Bertz CT molecular complexity index is 602. The number of carbonyl (C=O) groups is 2. The van der Waals surface area contributed by atoms with Gasteiger partial charge in [-0.25, -0.2) is 0 Å². The number of esters is 2. The average molecular weight is 491 g/mol. The summed E-state index contributed by atoms with van der Waals surface area (Å²) in [4.78, 5) is 29.4. The van der Waals surface area contributed by atoms with Gasteiger partial charge in [0.2, 0.25) is 0 Å². The fraction of sp³-hybridized carbons (Fsp3) is 0.931. The van der Waals surface area contributed by atoms with Gasteiger partial charge in [0.1, 0.15) is 12.2 Å². The van der Waals surface area contributed by atoms with E-state index in [1.807, 2.05) is 0 Å². The van der Waals surface area contributed by atoms with Crippen LogP contribution < -0.4 is 0 Å². The summed E-state index contributed by atoms with van der Waals surface area (Å²) in [5, 5.41) is 0. The van der Waals surface area contributed by atoms with E-state index in [1.54, 1.807) is 0 Å². The number of rotatable bonds is 14. The van der Waals surface area contributed by atoms with Gasteiger partial charge in [0.25, 0.3) is 0 Å². The molecule has 6 atom stereocenters. The van der Waals surface area contributed by atoms with Crippen LogP contribution in [0.25, 0.3) is 0 Å². The first-order valence-electron chi connectivity index (χ1n) is 14.8. The molecule has 4 aliphatic rings. The quantitative estimate of drug-likeness (QED) is 0.233. The number of hydrogen-bond donors (Lipinski definition) is 0. The van der Waals surface area contributed by atoms with E-state index < -0.39 is 0 Å². The molecule has 0 spiro atoms. The zero-order valence-corrected chi connectivity index (χ0v) is 22.4. The standard InChI is InChI=1S/C29H50N2O4/c1-30-22-14-15-23(30)19-26(18-22)34-28(32)12-10-8-6-4-3-5-7-9-11-13-29(33)35-27-20-24-16-17-25(21-27)31(24)2/h22-27H,3-21H2,1-2H3/t22-,23+,24-,25+,26?,27?. The molecule has 0 aromatic heterocycles. The molecule has 0 N–H and O–H groups in total. The first kappa shape index (κ1) is 26.9. The lowest BCUT2D eigenvalue weighted by Crippen LogP contribution is -2.43. The van der Waals surface area contributed by atoms with Gasteiger partial charge in [0, 0.05) is 37.0 Å². The lowest BCUT2D eigenvalue weighted by Gasteiger charge is -2.35. The summed E-state index contributed by atoms with van der Waals surface area (Å²) in [5.74, 6) is 0.0290. The molecule has 0 radical (unpaired) electrons. The van der Waals surface area contributed by atoms with E-state index in [4.69, 9.17) is 9.47 Å². The van der Waals surface area contributed by atoms with Crippen molar-refractivity contribution in [3.63, 3.8) is 0 Å². The molecule has 0 aromatic rings. The second kappa shape index (κ2) is 13.4. The molecule has 4 aliphatic heterocycles. The molecule has 0 saturated carbocycles. The van der Waals surface area contributed by atoms with Crippen LogP contribution in [0.15, 0.2) is 0 Å². The van der Waals surface area contributed by atoms with Crippen molar-refractivity contribution in [1.82, 2.24) is 9.80 Å². The zero-order valence-electron chi connectivity index (χ0n) is 22.4. The Morgan fingerprint density at radius 1 is 0.543 bits per heavy atom. The molecule has 4 rings (SSSR count). The maximum atomic E-state index is 12.2. The smallest absolute Gasteiger partial charge is 0.306 e. The highest BCUT2D eigenvalue weighted by atomic mass is 16.5. The van der Waals surface area contributed by atoms with Gasteiger partial charge in [-0.1, -0.05) is 44.9 Å². The van der Waals surface area contributed by atoms with E-state index in [-0.39, 0.29) is 24.1 Å². The molecule has 6 nitrogen and oxygen atoms in total. The van der Waals surface area contributed by atoms with Gasteiger partial charge >= 0.3 is 11.9 Å². The van der Waals surface area contributed by atoms with E-state index in [0.717, 1.165) is 51.4 Å². The number of ether oxygens (including phenoxy) is 2. The van der Waals surface area contributed by atoms with E-state index in [0.29, 0.717) is 37.0 Å². The lowest BCUT2D eigenvalue weighted by atomic mass is 10.0. The molecule has 0 aromatic carbocycles. The van der Waals surface area contributed by atoms with Crippen LogP contribution in [-0.4, -0.2) is 72.2 Å². The summed E-state index contributed by atoms with van der Waals surface area (Å²) in [6.45, 7) is 0. The fourth-order valence-electron chi connectivity index (χ4n) is 7.18. The van der Waals surface area contributed by atoms with Gasteiger partial charge in [0.05, 0.1) is 0 Å². The average Bonchev–Trinajstić information content (AvgIpc) is 3.15. The molecule has 4 saturated heterocycles. The number of hydrogen-bond acceptors (Lipinski definition) is 6. The largest absolute Gasteiger partial charge is 0.462 e. The molecule has 4 heterocycles. The Balaban J connectivity index is 0.913. The Morgan fingerprint density at radius 3 is 1.14 bits per heavy atom. The number of unbranched alkanes of at least 4 members (excludes halogenated alkanes) is 8. The normalized spacial score (nSPS) is 32.6. The minimum Gasteiger partial charge on any atom is -0.462 e. The summed E-state index contributed by atoms with van der Waals surface area (Å²) in [5.41, 5.74) is 0. The van der Waals surface area contributed by atoms with Gasteiger partial charge in [-0.3, -0.25) is 9.59 Å². The third-order valence-electron chi connectivity index (χ3n) is 9.47. The molecule has 2 unspecified atom stereocenters. The van der Waals surface area contributed by atoms with E-state index in [1.165, 1.54) is 57.8 Å². The van der Waals surface area contributed by atoms with Gasteiger partial charge in [-0.05, 0) is 78.3 Å². The molecule has 4 fully saturated rings. The Kier molecular flexibility index (Phi) is 10.3. The van der Waals surface area contributed by atoms with Crippen LogP contribution in [0.3, 0.4) is 0 Å².